The van der Waals surface area contributed by atoms with Gasteiger partial charge in [-0.15, -0.1) is 0 Å². The van der Waals surface area contributed by atoms with Crippen molar-refractivity contribution >= 4 is 20.0 Å². The third-order valence-electron chi connectivity index (χ3n) is 3.37. The van der Waals surface area contributed by atoms with Crippen LogP contribution in [0.4, 0.5) is 26.3 Å². The van der Waals surface area contributed by atoms with Crippen LogP contribution in [0.1, 0.15) is 39.0 Å². The second kappa shape index (κ2) is 8.86. The Morgan fingerprint density at radius 2 is 1.40 bits per heavy atom. The van der Waals surface area contributed by atoms with Gasteiger partial charge in [0.1, 0.15) is 0 Å². The van der Waals surface area contributed by atoms with E-state index in [4.69, 9.17) is 0 Å². The third-order valence-corrected chi connectivity index (χ3v) is 6.35. The molecule has 25 heavy (non-hydrogen) atoms. The Balaban J connectivity index is 0.000000496. The summed E-state index contributed by atoms with van der Waals surface area (Å²) >= 11 is 0. The SMILES string of the molecule is CCCC1CCCCN1C.O=S(=O)(NS(=O)(=O)C(F)(F)F)C(F)(F)F. The van der Waals surface area contributed by atoms with Crippen LogP contribution >= 0.6 is 0 Å². The Morgan fingerprint density at radius 1 is 0.960 bits per heavy atom. The van der Waals surface area contributed by atoms with Crippen LogP contribution in [0.3, 0.4) is 0 Å². The molecule has 1 unspecified atom stereocenters. The summed E-state index contributed by atoms with van der Waals surface area (Å²) in [5.74, 6) is 0. The van der Waals surface area contributed by atoms with Gasteiger partial charge in [0.25, 0.3) is 0 Å². The van der Waals surface area contributed by atoms with E-state index >= 15 is 0 Å². The second-order valence-corrected chi connectivity index (χ2v) is 9.01. The van der Waals surface area contributed by atoms with Gasteiger partial charge in [-0.2, -0.15) is 26.3 Å². The van der Waals surface area contributed by atoms with Crippen molar-refractivity contribution in [1.82, 2.24) is 9.03 Å². The van der Waals surface area contributed by atoms with Crippen LogP contribution in [0.2, 0.25) is 0 Å². The van der Waals surface area contributed by atoms with Crippen molar-refractivity contribution in [3.63, 3.8) is 0 Å². The van der Waals surface area contributed by atoms with Crippen LogP contribution in [0.5, 0.6) is 0 Å². The van der Waals surface area contributed by atoms with Crippen molar-refractivity contribution in [3.05, 3.63) is 0 Å². The number of halogens is 6. The predicted molar refractivity (Wildman–Crippen MR) is 78.3 cm³/mol. The fourth-order valence-electron chi connectivity index (χ4n) is 2.08. The summed E-state index contributed by atoms with van der Waals surface area (Å²) in [5.41, 5.74) is -12.3. The quantitative estimate of drug-likeness (QED) is 0.704. The van der Waals surface area contributed by atoms with Crippen molar-refractivity contribution in [2.45, 2.75) is 56.1 Å². The Labute approximate surface area is 142 Å². The summed E-state index contributed by atoms with van der Waals surface area (Å²) in [6.45, 7) is 3.60. The molecule has 0 aromatic carbocycles. The Kier molecular flexibility index (Phi) is 8.65. The Bertz CT molecular complexity index is 571. The molecule has 0 aromatic heterocycles. The number of likely N-dealkylation sites (tertiary alicyclic amines) is 1. The lowest BCUT2D eigenvalue weighted by Crippen LogP contribution is -2.45. The zero-order valence-corrected chi connectivity index (χ0v) is 15.1. The van der Waals surface area contributed by atoms with Gasteiger partial charge in [0.05, 0.1) is 0 Å². The fourth-order valence-corrected chi connectivity index (χ4v) is 3.99. The van der Waals surface area contributed by atoms with Gasteiger partial charge in [-0.1, -0.05) is 23.9 Å². The highest BCUT2D eigenvalue weighted by Crippen LogP contribution is 2.27. The molecule has 1 fully saturated rings. The number of nitrogens with zero attached hydrogens (tertiary/aromatic N) is 1. The lowest BCUT2D eigenvalue weighted by atomic mass is 9.99. The molecule has 0 amide bonds. The zero-order chi connectivity index (χ0) is 20.1. The first-order valence-electron chi connectivity index (χ1n) is 7.16. The first-order chi connectivity index (χ1) is 11.0. The molecule has 1 saturated heterocycles. The van der Waals surface area contributed by atoms with E-state index in [0.717, 1.165) is 6.04 Å². The lowest BCUT2D eigenvalue weighted by Gasteiger charge is -2.32. The number of rotatable bonds is 4. The topological polar surface area (TPSA) is 83.6 Å². The maximum absolute atomic E-state index is 11.5. The van der Waals surface area contributed by atoms with Gasteiger partial charge >= 0.3 is 31.1 Å². The molecule has 1 N–H and O–H groups in total. The number of sulfonamides is 2. The number of piperidine rings is 1. The molecular formula is C11H20F6N2O4S2. The molecule has 1 rings (SSSR count). The van der Waals surface area contributed by atoms with E-state index in [0.29, 0.717) is 0 Å². The first kappa shape index (κ1) is 24.4. The molecule has 0 bridgehead atoms. The van der Waals surface area contributed by atoms with E-state index in [1.807, 2.05) is 0 Å². The van der Waals surface area contributed by atoms with Crippen LogP contribution in [0.25, 0.3) is 0 Å². The van der Waals surface area contributed by atoms with Crippen LogP contribution in [-0.2, 0) is 20.0 Å². The molecule has 1 heterocycles. The van der Waals surface area contributed by atoms with Crippen molar-refractivity contribution in [2.75, 3.05) is 13.6 Å². The Hall–Kier alpha value is -0.600. The number of nitrogens with one attached hydrogen (secondary N) is 1. The van der Waals surface area contributed by atoms with Gasteiger partial charge < -0.3 is 4.90 Å². The highest BCUT2D eigenvalue weighted by molar-refractivity contribution is 8.05. The van der Waals surface area contributed by atoms with Gasteiger partial charge in [0, 0.05) is 6.04 Å². The van der Waals surface area contributed by atoms with E-state index in [1.54, 1.807) is 0 Å². The highest BCUT2D eigenvalue weighted by atomic mass is 32.3. The maximum atomic E-state index is 11.5. The summed E-state index contributed by atoms with van der Waals surface area (Å²) in [4.78, 5) is 2.52. The van der Waals surface area contributed by atoms with Gasteiger partial charge in [-0.3, -0.25) is 0 Å². The molecule has 0 spiro atoms. The van der Waals surface area contributed by atoms with E-state index in [2.05, 4.69) is 18.9 Å². The third kappa shape index (κ3) is 7.66. The summed E-state index contributed by atoms with van der Waals surface area (Å²) < 4.78 is 108. The van der Waals surface area contributed by atoms with Crippen molar-refractivity contribution < 1.29 is 43.2 Å². The largest absolute Gasteiger partial charge is 0.512 e. The molecular weight excluding hydrogens is 402 g/mol. The number of hydrogen-bond donors (Lipinski definition) is 1. The number of hydrogen-bond acceptors (Lipinski definition) is 5. The molecule has 14 heteroatoms. The standard InChI is InChI=1S/C9H19N.C2HF6NO4S2/c1-3-6-9-7-4-5-8-10(9)2;3-1(4,5)14(10,11)9-15(12,13)2(6,7)8/h9H,3-8H2,1-2H3;9H. The molecule has 0 aromatic rings. The number of alkyl halides is 6. The molecule has 1 aliphatic heterocycles. The Morgan fingerprint density at radius 3 is 1.72 bits per heavy atom. The fraction of sp³-hybridized carbons (Fsp3) is 1.00. The zero-order valence-electron chi connectivity index (χ0n) is 13.5. The van der Waals surface area contributed by atoms with Gasteiger partial charge in [0.2, 0.25) is 0 Å². The average Bonchev–Trinajstić information content (AvgIpc) is 2.38. The van der Waals surface area contributed by atoms with Crippen LogP contribution in [-0.4, -0.2) is 52.4 Å². The summed E-state index contributed by atoms with van der Waals surface area (Å²) in [6, 6.07) is 0.902. The van der Waals surface area contributed by atoms with Crippen LogP contribution < -0.4 is 4.13 Å². The van der Waals surface area contributed by atoms with Gasteiger partial charge in [-0.25, -0.2) is 16.8 Å². The molecule has 1 atom stereocenters. The molecule has 1 aliphatic rings. The highest BCUT2D eigenvalue weighted by Gasteiger charge is 2.55. The van der Waals surface area contributed by atoms with Crippen LogP contribution in [0.15, 0.2) is 0 Å². The van der Waals surface area contributed by atoms with Crippen molar-refractivity contribution in [3.8, 4) is 0 Å². The molecule has 6 nitrogen and oxygen atoms in total. The van der Waals surface area contributed by atoms with Gasteiger partial charge in [-0.05, 0) is 32.9 Å². The van der Waals surface area contributed by atoms with Crippen molar-refractivity contribution in [1.29, 1.82) is 0 Å². The van der Waals surface area contributed by atoms with Gasteiger partial charge in [0.15, 0.2) is 0 Å². The molecule has 0 aliphatic carbocycles. The first-order valence-corrected chi connectivity index (χ1v) is 10.1. The summed E-state index contributed by atoms with van der Waals surface area (Å²) in [7, 11) is -10.9. The predicted octanol–water partition coefficient (Wildman–Crippen LogP) is 2.55. The lowest BCUT2D eigenvalue weighted by molar-refractivity contribution is -0.0476. The molecule has 0 radical (unpaired) electrons. The minimum Gasteiger partial charge on any atom is -0.303 e. The normalized spacial score (nSPS) is 20.7. The van der Waals surface area contributed by atoms with Crippen LogP contribution in [0, 0.1) is 0 Å². The minimum atomic E-state index is -6.60. The second-order valence-electron chi connectivity index (χ2n) is 5.40. The van der Waals surface area contributed by atoms with E-state index in [1.165, 1.54) is 38.6 Å². The summed E-state index contributed by atoms with van der Waals surface area (Å²) in [6.07, 6.45) is 7.04. The monoisotopic (exact) mass is 422 g/mol. The maximum Gasteiger partial charge on any atom is 0.512 e. The van der Waals surface area contributed by atoms with Crippen molar-refractivity contribution in [2.24, 2.45) is 0 Å². The summed E-state index contributed by atoms with van der Waals surface area (Å²) in [5, 5.41) is 0. The van der Waals surface area contributed by atoms with E-state index in [9.17, 15) is 43.2 Å². The van der Waals surface area contributed by atoms with E-state index < -0.39 is 35.2 Å². The average molecular weight is 422 g/mol. The molecule has 0 saturated carbocycles. The van der Waals surface area contributed by atoms with E-state index in [-0.39, 0.29) is 0 Å². The minimum absolute atomic E-state index is 0.493. The molecule has 152 valence electrons. The smallest absolute Gasteiger partial charge is 0.303 e.